The number of carbonyl (C=O) groups excluding carboxylic acids is 1. The Hall–Kier alpha value is -3.84. The average molecular weight is 412 g/mol. The number of pyridine rings is 1. The molecule has 0 radical (unpaired) electrons. The molecule has 156 valence electrons. The van der Waals surface area contributed by atoms with Crippen molar-refractivity contribution in [2.24, 2.45) is 0 Å². The van der Waals surface area contributed by atoms with Crippen LogP contribution in [0.4, 0.5) is 11.6 Å². The van der Waals surface area contributed by atoms with Gasteiger partial charge in [0, 0.05) is 48.3 Å². The second-order valence-corrected chi connectivity index (χ2v) is 7.46. The third-order valence-electron chi connectivity index (χ3n) is 4.84. The number of carbonyl (C=O) groups is 1. The van der Waals surface area contributed by atoms with Crippen molar-refractivity contribution in [1.82, 2.24) is 25.2 Å². The van der Waals surface area contributed by atoms with Gasteiger partial charge in [-0.3, -0.25) is 9.78 Å². The van der Waals surface area contributed by atoms with E-state index in [0.29, 0.717) is 18.1 Å². The molecule has 0 spiro atoms. The van der Waals surface area contributed by atoms with E-state index in [9.17, 15) is 4.79 Å². The first-order chi connectivity index (χ1) is 15.1. The van der Waals surface area contributed by atoms with Gasteiger partial charge in [-0.1, -0.05) is 6.07 Å². The summed E-state index contributed by atoms with van der Waals surface area (Å²) in [5.74, 6) is 0.424. The summed E-state index contributed by atoms with van der Waals surface area (Å²) in [5.41, 5.74) is 4.49. The zero-order valence-electron chi connectivity index (χ0n) is 17.5. The molecule has 0 fully saturated rings. The van der Waals surface area contributed by atoms with Crippen molar-refractivity contribution in [3.63, 3.8) is 0 Å². The molecular weight excluding hydrogens is 388 g/mol. The first-order valence-corrected chi connectivity index (χ1v) is 10.1. The van der Waals surface area contributed by atoms with Crippen LogP contribution in [0, 0.1) is 0 Å². The van der Waals surface area contributed by atoms with E-state index in [1.54, 1.807) is 24.5 Å². The number of amides is 1. The molecule has 2 N–H and O–H groups in total. The van der Waals surface area contributed by atoms with Crippen molar-refractivity contribution in [3.8, 4) is 11.1 Å². The molecule has 4 aromatic rings. The van der Waals surface area contributed by atoms with Gasteiger partial charge in [-0.15, -0.1) is 0 Å². The summed E-state index contributed by atoms with van der Waals surface area (Å²) in [6.45, 7) is 1.41. The molecule has 31 heavy (non-hydrogen) atoms. The van der Waals surface area contributed by atoms with Crippen molar-refractivity contribution in [2.75, 3.05) is 32.5 Å². The summed E-state index contributed by atoms with van der Waals surface area (Å²) in [7, 11) is 3.95. The van der Waals surface area contributed by atoms with Gasteiger partial charge >= 0.3 is 0 Å². The van der Waals surface area contributed by atoms with Gasteiger partial charge in [0.25, 0.3) is 5.91 Å². The number of hydrogen-bond donors (Lipinski definition) is 2. The molecule has 2 aromatic carbocycles. The predicted molar refractivity (Wildman–Crippen MR) is 123 cm³/mol. The Labute approximate surface area is 181 Å². The predicted octanol–water partition coefficient (Wildman–Crippen LogP) is 3.73. The minimum atomic E-state index is -0.0830. The lowest BCUT2D eigenvalue weighted by molar-refractivity contribution is 0.0951. The lowest BCUT2D eigenvalue weighted by Crippen LogP contribution is -2.31. The number of aromatic nitrogens is 3. The Kier molecular flexibility index (Phi) is 6.14. The van der Waals surface area contributed by atoms with E-state index < -0.39 is 0 Å². The van der Waals surface area contributed by atoms with E-state index in [2.05, 4.69) is 31.7 Å². The van der Waals surface area contributed by atoms with Crippen molar-refractivity contribution < 1.29 is 4.79 Å². The van der Waals surface area contributed by atoms with Crippen LogP contribution in [0.15, 0.2) is 73.2 Å². The van der Waals surface area contributed by atoms with Gasteiger partial charge in [-0.2, -0.15) is 0 Å². The van der Waals surface area contributed by atoms with E-state index in [-0.39, 0.29) is 5.91 Å². The quantitative estimate of drug-likeness (QED) is 0.481. The Balaban J connectivity index is 1.44. The molecular formula is C24H24N6O. The summed E-state index contributed by atoms with van der Waals surface area (Å²) in [6, 6.07) is 17.3. The molecule has 0 unspecified atom stereocenters. The summed E-state index contributed by atoms with van der Waals surface area (Å²) < 4.78 is 0. The molecule has 0 aliphatic carbocycles. The third kappa shape index (κ3) is 5.21. The number of nitrogens with one attached hydrogen (secondary N) is 2. The number of likely N-dealkylation sites (N-methyl/N-ethyl adjacent to an activating group) is 1. The fourth-order valence-electron chi connectivity index (χ4n) is 3.15. The minimum absolute atomic E-state index is 0.0830. The number of anilines is 2. The van der Waals surface area contributed by atoms with Crippen LogP contribution < -0.4 is 10.6 Å². The molecule has 0 atom stereocenters. The summed E-state index contributed by atoms with van der Waals surface area (Å²) in [4.78, 5) is 27.3. The van der Waals surface area contributed by atoms with E-state index in [4.69, 9.17) is 0 Å². The lowest BCUT2D eigenvalue weighted by atomic mass is 10.1. The normalized spacial score (nSPS) is 10.9. The van der Waals surface area contributed by atoms with Crippen LogP contribution in [0.2, 0.25) is 0 Å². The molecule has 0 aliphatic rings. The molecule has 0 bridgehead atoms. The van der Waals surface area contributed by atoms with Gasteiger partial charge in [0.15, 0.2) is 0 Å². The Morgan fingerprint density at radius 3 is 2.48 bits per heavy atom. The first-order valence-electron chi connectivity index (χ1n) is 10.1. The second-order valence-electron chi connectivity index (χ2n) is 7.46. The van der Waals surface area contributed by atoms with Gasteiger partial charge in [0.2, 0.25) is 5.95 Å². The van der Waals surface area contributed by atoms with Crippen molar-refractivity contribution in [1.29, 1.82) is 0 Å². The molecule has 0 saturated heterocycles. The number of nitrogens with zero attached hydrogens (tertiary/aromatic N) is 4. The molecule has 0 aliphatic heterocycles. The third-order valence-corrected chi connectivity index (χ3v) is 4.84. The molecule has 2 heterocycles. The first kappa shape index (κ1) is 20.4. The van der Waals surface area contributed by atoms with Crippen LogP contribution >= 0.6 is 0 Å². The van der Waals surface area contributed by atoms with Crippen molar-refractivity contribution in [2.45, 2.75) is 0 Å². The van der Waals surface area contributed by atoms with Gasteiger partial charge in [-0.25, -0.2) is 9.97 Å². The number of rotatable bonds is 7. The van der Waals surface area contributed by atoms with Crippen LogP contribution in [0.3, 0.4) is 0 Å². The highest BCUT2D eigenvalue weighted by atomic mass is 16.1. The van der Waals surface area contributed by atoms with Gasteiger partial charge in [0.05, 0.1) is 5.52 Å². The minimum Gasteiger partial charge on any atom is -0.351 e. The zero-order valence-corrected chi connectivity index (χ0v) is 17.5. The standard InChI is InChI=1S/C24H24N6O/c1-30(2)14-13-26-23(31)18-3-6-21(7-4-18)28-24-27-16-20-15-19(5-8-22(20)29-24)17-9-11-25-12-10-17/h3-12,15-16H,13-14H2,1-2H3,(H,26,31)(H,27,28,29). The van der Waals surface area contributed by atoms with E-state index in [0.717, 1.165) is 34.3 Å². The van der Waals surface area contributed by atoms with E-state index in [1.807, 2.05) is 61.6 Å². The molecule has 0 saturated carbocycles. The van der Waals surface area contributed by atoms with Crippen LogP contribution in [-0.4, -0.2) is 52.9 Å². The fraction of sp³-hybridized carbons (Fsp3) is 0.167. The maximum atomic E-state index is 12.2. The van der Waals surface area contributed by atoms with Gasteiger partial charge < -0.3 is 15.5 Å². The van der Waals surface area contributed by atoms with Gasteiger partial charge in [-0.05, 0) is 73.8 Å². The van der Waals surface area contributed by atoms with Crippen molar-refractivity contribution >= 4 is 28.4 Å². The second kappa shape index (κ2) is 9.32. The number of fused-ring (bicyclic) bond motifs is 1. The highest BCUT2D eigenvalue weighted by Crippen LogP contribution is 2.24. The van der Waals surface area contributed by atoms with Gasteiger partial charge in [0.1, 0.15) is 0 Å². The molecule has 7 nitrogen and oxygen atoms in total. The SMILES string of the molecule is CN(C)CCNC(=O)c1ccc(Nc2ncc3cc(-c4ccncc4)ccc3n2)cc1. The van der Waals surface area contributed by atoms with Crippen LogP contribution in [0.25, 0.3) is 22.0 Å². The molecule has 4 rings (SSSR count). The summed E-state index contributed by atoms with van der Waals surface area (Å²) >= 11 is 0. The van der Waals surface area contributed by atoms with E-state index in [1.165, 1.54) is 0 Å². The van der Waals surface area contributed by atoms with Crippen LogP contribution in [-0.2, 0) is 0 Å². The van der Waals surface area contributed by atoms with Crippen LogP contribution in [0.5, 0.6) is 0 Å². The van der Waals surface area contributed by atoms with Crippen LogP contribution in [0.1, 0.15) is 10.4 Å². The fourth-order valence-corrected chi connectivity index (χ4v) is 3.15. The molecule has 2 aromatic heterocycles. The molecule has 7 heteroatoms. The van der Waals surface area contributed by atoms with E-state index >= 15 is 0 Å². The van der Waals surface area contributed by atoms with Crippen molar-refractivity contribution in [3.05, 3.63) is 78.8 Å². The summed E-state index contributed by atoms with van der Waals surface area (Å²) in [5, 5.41) is 7.07. The average Bonchev–Trinajstić information content (AvgIpc) is 2.79. The monoisotopic (exact) mass is 412 g/mol. The lowest BCUT2D eigenvalue weighted by Gasteiger charge is -2.11. The maximum Gasteiger partial charge on any atom is 0.251 e. The Bertz CT molecular complexity index is 1180. The summed E-state index contributed by atoms with van der Waals surface area (Å²) in [6.07, 6.45) is 5.37. The highest BCUT2D eigenvalue weighted by molar-refractivity contribution is 5.94. The topological polar surface area (TPSA) is 83.0 Å². The highest BCUT2D eigenvalue weighted by Gasteiger charge is 2.07. The number of hydrogen-bond acceptors (Lipinski definition) is 6. The Morgan fingerprint density at radius 2 is 1.74 bits per heavy atom. The number of benzene rings is 2. The maximum absolute atomic E-state index is 12.2. The smallest absolute Gasteiger partial charge is 0.251 e. The largest absolute Gasteiger partial charge is 0.351 e. The molecule has 1 amide bonds. The zero-order chi connectivity index (χ0) is 21.6. The Morgan fingerprint density at radius 1 is 0.968 bits per heavy atom.